The second kappa shape index (κ2) is 9.01. The lowest BCUT2D eigenvalue weighted by molar-refractivity contribution is -0.116. The molecule has 1 amide bonds. The third-order valence-corrected chi connectivity index (χ3v) is 5.48. The number of nitrogens with one attached hydrogen (secondary N) is 1. The van der Waals surface area contributed by atoms with Crippen molar-refractivity contribution in [3.8, 4) is 5.75 Å². The lowest BCUT2D eigenvalue weighted by Gasteiger charge is -2.21. The van der Waals surface area contributed by atoms with Crippen molar-refractivity contribution >= 4 is 21.6 Å². The standard InChI is InChI=1S/C18H26N2O4S/c1-24-17-10-8-16(9-11-17)19-18(21)14-20(25(2,22)23)13-12-15-6-4-3-5-7-15/h6,8-11H,3-5,7,12-14H2,1-2H3,(H,19,21). The van der Waals surface area contributed by atoms with Crippen molar-refractivity contribution in [2.75, 3.05) is 31.8 Å². The number of ether oxygens (including phenoxy) is 1. The first-order valence-corrected chi connectivity index (χ1v) is 10.3. The number of carbonyl (C=O) groups excluding carboxylic acids is 1. The Kier molecular flexibility index (Phi) is 7.01. The number of benzene rings is 1. The highest BCUT2D eigenvalue weighted by Gasteiger charge is 2.20. The summed E-state index contributed by atoms with van der Waals surface area (Å²) in [5.74, 6) is 0.338. The maximum Gasteiger partial charge on any atom is 0.239 e. The zero-order valence-corrected chi connectivity index (χ0v) is 15.6. The average Bonchev–Trinajstić information content (AvgIpc) is 2.59. The van der Waals surface area contributed by atoms with Crippen LogP contribution < -0.4 is 10.1 Å². The van der Waals surface area contributed by atoms with E-state index in [-0.39, 0.29) is 12.5 Å². The molecule has 0 heterocycles. The Labute approximate surface area is 149 Å². The molecule has 0 unspecified atom stereocenters. The van der Waals surface area contributed by atoms with E-state index in [1.165, 1.54) is 16.3 Å². The molecule has 7 heteroatoms. The summed E-state index contributed by atoms with van der Waals surface area (Å²) in [5, 5.41) is 2.72. The zero-order chi connectivity index (χ0) is 18.3. The normalized spacial score (nSPS) is 14.9. The van der Waals surface area contributed by atoms with Crippen molar-refractivity contribution in [3.63, 3.8) is 0 Å². The van der Waals surface area contributed by atoms with E-state index in [1.807, 2.05) is 0 Å². The maximum absolute atomic E-state index is 12.2. The van der Waals surface area contributed by atoms with Crippen molar-refractivity contribution in [1.82, 2.24) is 4.31 Å². The molecule has 0 fully saturated rings. The van der Waals surface area contributed by atoms with Gasteiger partial charge in [0, 0.05) is 12.2 Å². The van der Waals surface area contributed by atoms with Crippen LogP contribution in [0.4, 0.5) is 5.69 Å². The second-order valence-electron chi connectivity index (χ2n) is 6.23. The van der Waals surface area contributed by atoms with Crippen molar-refractivity contribution in [2.24, 2.45) is 0 Å². The lowest BCUT2D eigenvalue weighted by atomic mass is 9.97. The van der Waals surface area contributed by atoms with Gasteiger partial charge in [-0.2, -0.15) is 4.31 Å². The fraction of sp³-hybridized carbons (Fsp3) is 0.500. The molecule has 0 aromatic heterocycles. The van der Waals surface area contributed by atoms with Crippen LogP contribution in [-0.2, 0) is 14.8 Å². The minimum absolute atomic E-state index is 0.182. The summed E-state index contributed by atoms with van der Waals surface area (Å²) in [7, 11) is -1.87. The highest BCUT2D eigenvalue weighted by molar-refractivity contribution is 7.88. The van der Waals surface area contributed by atoms with Crippen LogP contribution in [0.1, 0.15) is 32.1 Å². The molecule has 0 saturated carbocycles. The molecular weight excluding hydrogens is 340 g/mol. The summed E-state index contributed by atoms with van der Waals surface area (Å²) < 4.78 is 30.3. The van der Waals surface area contributed by atoms with Gasteiger partial charge in [0.2, 0.25) is 15.9 Å². The number of methoxy groups -OCH3 is 1. The number of hydrogen-bond acceptors (Lipinski definition) is 4. The lowest BCUT2D eigenvalue weighted by Crippen LogP contribution is -2.38. The molecule has 0 spiro atoms. The van der Waals surface area contributed by atoms with Crippen LogP contribution in [-0.4, -0.2) is 45.1 Å². The Bertz CT molecular complexity index is 711. The van der Waals surface area contributed by atoms with Gasteiger partial charge in [-0.05, 0) is 56.4 Å². The van der Waals surface area contributed by atoms with Crippen LogP contribution in [0.25, 0.3) is 0 Å². The minimum Gasteiger partial charge on any atom is -0.497 e. The Morgan fingerprint density at radius 1 is 1.24 bits per heavy atom. The monoisotopic (exact) mass is 366 g/mol. The first-order chi connectivity index (χ1) is 11.9. The van der Waals surface area contributed by atoms with Gasteiger partial charge in [0.05, 0.1) is 19.9 Å². The summed E-state index contributed by atoms with van der Waals surface area (Å²) in [6.07, 6.45) is 8.46. The van der Waals surface area contributed by atoms with Gasteiger partial charge in [-0.1, -0.05) is 11.6 Å². The molecule has 6 nitrogen and oxygen atoms in total. The molecule has 1 aromatic rings. The van der Waals surface area contributed by atoms with E-state index in [9.17, 15) is 13.2 Å². The van der Waals surface area contributed by atoms with Crippen molar-refractivity contribution in [1.29, 1.82) is 0 Å². The van der Waals surface area contributed by atoms with E-state index >= 15 is 0 Å². The van der Waals surface area contributed by atoms with Crippen molar-refractivity contribution in [2.45, 2.75) is 32.1 Å². The number of sulfonamides is 1. The highest BCUT2D eigenvalue weighted by Crippen LogP contribution is 2.21. The van der Waals surface area contributed by atoms with E-state index in [1.54, 1.807) is 31.4 Å². The second-order valence-corrected chi connectivity index (χ2v) is 8.21. The van der Waals surface area contributed by atoms with Gasteiger partial charge in [0.25, 0.3) is 0 Å². The molecule has 1 aliphatic carbocycles. The van der Waals surface area contributed by atoms with Gasteiger partial charge in [-0.3, -0.25) is 4.79 Å². The number of rotatable bonds is 8. The van der Waals surface area contributed by atoms with E-state index in [0.717, 1.165) is 25.5 Å². The van der Waals surface area contributed by atoms with Crippen LogP contribution in [0.15, 0.2) is 35.9 Å². The third kappa shape index (κ3) is 6.51. The molecular formula is C18H26N2O4S. The molecule has 2 rings (SSSR count). The first kappa shape index (κ1) is 19.5. The van der Waals surface area contributed by atoms with E-state index in [4.69, 9.17) is 4.74 Å². The number of hydrogen-bond donors (Lipinski definition) is 1. The zero-order valence-electron chi connectivity index (χ0n) is 14.8. The molecule has 138 valence electrons. The van der Waals surface area contributed by atoms with Crippen molar-refractivity contribution in [3.05, 3.63) is 35.9 Å². The summed E-state index contributed by atoms with van der Waals surface area (Å²) in [4.78, 5) is 12.2. The highest BCUT2D eigenvalue weighted by atomic mass is 32.2. The number of amides is 1. The van der Waals surface area contributed by atoms with Gasteiger partial charge >= 0.3 is 0 Å². The summed E-state index contributed by atoms with van der Waals surface area (Å²) in [6.45, 7) is 0.152. The number of allylic oxidation sites excluding steroid dienone is 1. The van der Waals surface area contributed by atoms with Gasteiger partial charge in [-0.15, -0.1) is 0 Å². The predicted octanol–water partition coefficient (Wildman–Crippen LogP) is 2.79. The molecule has 1 aliphatic rings. The van der Waals surface area contributed by atoms with E-state index < -0.39 is 10.0 Å². The molecule has 0 radical (unpaired) electrons. The van der Waals surface area contributed by atoms with Crippen LogP contribution in [0, 0.1) is 0 Å². The minimum atomic E-state index is -3.44. The molecule has 1 aromatic carbocycles. The first-order valence-electron chi connectivity index (χ1n) is 8.45. The topological polar surface area (TPSA) is 75.7 Å². The van der Waals surface area contributed by atoms with Crippen LogP contribution in [0.5, 0.6) is 5.75 Å². The molecule has 0 bridgehead atoms. The third-order valence-electron chi connectivity index (χ3n) is 4.23. The number of nitrogens with zero attached hydrogens (tertiary/aromatic N) is 1. The molecule has 0 atom stereocenters. The van der Waals surface area contributed by atoms with E-state index in [0.29, 0.717) is 24.4 Å². The summed E-state index contributed by atoms with van der Waals surface area (Å²) in [5.41, 5.74) is 1.89. The van der Waals surface area contributed by atoms with Crippen LogP contribution in [0.2, 0.25) is 0 Å². The molecule has 0 saturated heterocycles. The van der Waals surface area contributed by atoms with Crippen molar-refractivity contribution < 1.29 is 17.9 Å². The summed E-state index contributed by atoms with van der Waals surface area (Å²) in [6, 6.07) is 6.90. The molecule has 1 N–H and O–H groups in total. The maximum atomic E-state index is 12.2. The Balaban J connectivity index is 1.93. The average molecular weight is 366 g/mol. The molecule has 0 aliphatic heterocycles. The Morgan fingerprint density at radius 2 is 1.96 bits per heavy atom. The number of carbonyl (C=O) groups is 1. The summed E-state index contributed by atoms with van der Waals surface area (Å²) >= 11 is 0. The van der Waals surface area contributed by atoms with Gasteiger partial charge in [0.1, 0.15) is 5.75 Å². The van der Waals surface area contributed by atoms with Crippen LogP contribution in [0.3, 0.4) is 0 Å². The Morgan fingerprint density at radius 3 is 2.52 bits per heavy atom. The fourth-order valence-electron chi connectivity index (χ4n) is 2.80. The number of anilines is 1. The van der Waals surface area contributed by atoms with Gasteiger partial charge in [0.15, 0.2) is 0 Å². The van der Waals surface area contributed by atoms with E-state index in [2.05, 4.69) is 11.4 Å². The van der Waals surface area contributed by atoms with Crippen LogP contribution >= 0.6 is 0 Å². The predicted molar refractivity (Wildman–Crippen MR) is 99.2 cm³/mol. The largest absolute Gasteiger partial charge is 0.497 e. The smallest absolute Gasteiger partial charge is 0.239 e. The van der Waals surface area contributed by atoms with Gasteiger partial charge < -0.3 is 10.1 Å². The SMILES string of the molecule is COc1ccc(NC(=O)CN(CCC2=CCCCC2)S(C)(=O)=O)cc1. The fourth-order valence-corrected chi connectivity index (χ4v) is 3.57. The van der Waals surface area contributed by atoms with Gasteiger partial charge in [-0.25, -0.2) is 8.42 Å². The quantitative estimate of drug-likeness (QED) is 0.718. The Hall–Kier alpha value is -1.86. The molecule has 25 heavy (non-hydrogen) atoms.